The zero-order valence-electron chi connectivity index (χ0n) is 14.8. The van der Waals surface area contributed by atoms with Crippen molar-refractivity contribution >= 4 is 17.5 Å². The van der Waals surface area contributed by atoms with Gasteiger partial charge in [0.2, 0.25) is 5.91 Å². The summed E-state index contributed by atoms with van der Waals surface area (Å²) in [4.78, 5) is 14.9. The summed E-state index contributed by atoms with van der Waals surface area (Å²) in [6, 6.07) is 16.4. The van der Waals surface area contributed by atoms with Gasteiger partial charge in [-0.05, 0) is 41.8 Å². The molecule has 0 aromatic heterocycles. The van der Waals surface area contributed by atoms with Crippen LogP contribution >= 0.6 is 11.6 Å². The summed E-state index contributed by atoms with van der Waals surface area (Å²) in [5, 5.41) is 4.10. The number of hydrogen-bond donors (Lipinski definition) is 1. The van der Waals surface area contributed by atoms with E-state index < -0.39 is 0 Å². The molecule has 0 aliphatic carbocycles. The molecule has 1 N–H and O–H groups in total. The Labute approximate surface area is 155 Å². The summed E-state index contributed by atoms with van der Waals surface area (Å²) in [6.45, 7) is 6.42. The molecule has 0 unspecified atom stereocenters. The maximum atomic E-state index is 12.8. The number of rotatable bonds is 5. The standard InChI is InChI=1S/C21H25ClN2O/c1-15(2)21(25)24(19-10-11-23-13-19)14-17-6-3-4-9-20(17)16-7-5-8-18(22)12-16/h3-9,12,15,19,23H,10-11,13-14H2,1-2H3/t19-/m0/s1. The van der Waals surface area contributed by atoms with E-state index in [1.54, 1.807) is 0 Å². The molecule has 0 saturated carbocycles. The highest BCUT2D eigenvalue weighted by atomic mass is 35.5. The van der Waals surface area contributed by atoms with Gasteiger partial charge in [0, 0.05) is 30.1 Å². The molecule has 132 valence electrons. The Bertz CT molecular complexity index is 738. The third-order valence-corrected chi connectivity index (χ3v) is 4.98. The fraction of sp³-hybridized carbons (Fsp3) is 0.381. The summed E-state index contributed by atoms with van der Waals surface area (Å²) in [6.07, 6.45) is 1.01. The normalized spacial score (nSPS) is 17.0. The Balaban J connectivity index is 1.93. The molecule has 0 bridgehead atoms. The van der Waals surface area contributed by atoms with Crippen LogP contribution in [0, 0.1) is 5.92 Å². The van der Waals surface area contributed by atoms with Crippen molar-refractivity contribution in [2.75, 3.05) is 13.1 Å². The van der Waals surface area contributed by atoms with E-state index in [0.29, 0.717) is 6.54 Å². The minimum absolute atomic E-state index is 0.000989. The van der Waals surface area contributed by atoms with Gasteiger partial charge < -0.3 is 10.2 Å². The van der Waals surface area contributed by atoms with Crippen LogP contribution in [0.5, 0.6) is 0 Å². The number of hydrogen-bond acceptors (Lipinski definition) is 2. The Morgan fingerprint density at radius 1 is 1.24 bits per heavy atom. The van der Waals surface area contributed by atoms with E-state index in [9.17, 15) is 4.79 Å². The van der Waals surface area contributed by atoms with E-state index in [4.69, 9.17) is 11.6 Å². The average molecular weight is 357 g/mol. The minimum Gasteiger partial charge on any atom is -0.334 e. The van der Waals surface area contributed by atoms with Crippen LogP contribution in [-0.2, 0) is 11.3 Å². The summed E-state index contributed by atoms with van der Waals surface area (Å²) >= 11 is 6.18. The quantitative estimate of drug-likeness (QED) is 0.863. The predicted octanol–water partition coefficient (Wildman–Crippen LogP) is 4.35. The van der Waals surface area contributed by atoms with Crippen molar-refractivity contribution in [3.8, 4) is 11.1 Å². The lowest BCUT2D eigenvalue weighted by Crippen LogP contribution is -2.43. The van der Waals surface area contributed by atoms with Crippen molar-refractivity contribution in [3.63, 3.8) is 0 Å². The molecule has 1 fully saturated rings. The molecule has 1 aliphatic rings. The van der Waals surface area contributed by atoms with Crippen molar-refractivity contribution < 1.29 is 4.79 Å². The second kappa shape index (κ2) is 8.03. The first kappa shape index (κ1) is 18.0. The van der Waals surface area contributed by atoms with Crippen LogP contribution in [-0.4, -0.2) is 29.9 Å². The fourth-order valence-corrected chi connectivity index (χ4v) is 3.59. The first-order valence-electron chi connectivity index (χ1n) is 8.91. The lowest BCUT2D eigenvalue weighted by atomic mass is 9.98. The number of amides is 1. The van der Waals surface area contributed by atoms with E-state index >= 15 is 0 Å². The summed E-state index contributed by atoms with van der Waals surface area (Å²) in [7, 11) is 0. The van der Waals surface area contributed by atoms with E-state index in [1.807, 2.05) is 49.1 Å². The molecule has 0 spiro atoms. The summed E-state index contributed by atoms with van der Waals surface area (Å²) in [5.74, 6) is 0.216. The average Bonchev–Trinajstić information content (AvgIpc) is 3.13. The summed E-state index contributed by atoms with van der Waals surface area (Å²) < 4.78 is 0. The smallest absolute Gasteiger partial charge is 0.225 e. The first-order valence-corrected chi connectivity index (χ1v) is 9.29. The second-order valence-corrected chi connectivity index (χ2v) is 7.37. The highest BCUT2D eigenvalue weighted by molar-refractivity contribution is 6.30. The second-order valence-electron chi connectivity index (χ2n) is 6.93. The van der Waals surface area contributed by atoms with E-state index in [-0.39, 0.29) is 17.9 Å². The van der Waals surface area contributed by atoms with Crippen molar-refractivity contribution in [2.45, 2.75) is 32.9 Å². The monoisotopic (exact) mass is 356 g/mol. The largest absolute Gasteiger partial charge is 0.334 e. The molecule has 1 atom stereocenters. The van der Waals surface area contributed by atoms with Gasteiger partial charge in [-0.1, -0.05) is 61.8 Å². The fourth-order valence-electron chi connectivity index (χ4n) is 3.40. The SMILES string of the molecule is CC(C)C(=O)N(Cc1ccccc1-c1cccc(Cl)c1)[C@H]1CCNC1. The summed E-state index contributed by atoms with van der Waals surface area (Å²) in [5.41, 5.74) is 3.38. The van der Waals surface area contributed by atoms with Crippen LogP contribution in [0.3, 0.4) is 0 Å². The van der Waals surface area contributed by atoms with Crippen LogP contribution < -0.4 is 5.32 Å². The zero-order chi connectivity index (χ0) is 17.8. The van der Waals surface area contributed by atoms with Crippen molar-refractivity contribution in [1.29, 1.82) is 0 Å². The highest BCUT2D eigenvalue weighted by Gasteiger charge is 2.28. The van der Waals surface area contributed by atoms with E-state index in [2.05, 4.69) is 23.5 Å². The third-order valence-electron chi connectivity index (χ3n) is 4.75. The molecule has 4 heteroatoms. The molecule has 3 nitrogen and oxygen atoms in total. The molecular weight excluding hydrogens is 332 g/mol. The number of nitrogens with one attached hydrogen (secondary N) is 1. The Morgan fingerprint density at radius 2 is 2.04 bits per heavy atom. The minimum atomic E-state index is -0.000989. The molecule has 3 rings (SSSR count). The zero-order valence-corrected chi connectivity index (χ0v) is 15.6. The number of halogens is 1. The van der Waals surface area contributed by atoms with Crippen LogP contribution in [0.2, 0.25) is 5.02 Å². The third kappa shape index (κ3) is 4.23. The lowest BCUT2D eigenvalue weighted by molar-refractivity contribution is -0.137. The first-order chi connectivity index (χ1) is 12.1. The topological polar surface area (TPSA) is 32.3 Å². The molecule has 1 amide bonds. The van der Waals surface area contributed by atoms with Crippen molar-refractivity contribution in [1.82, 2.24) is 10.2 Å². The Morgan fingerprint density at radius 3 is 2.72 bits per heavy atom. The van der Waals surface area contributed by atoms with Gasteiger partial charge in [0.15, 0.2) is 0 Å². The van der Waals surface area contributed by atoms with Gasteiger partial charge in [-0.3, -0.25) is 4.79 Å². The molecular formula is C21H25ClN2O. The Hall–Kier alpha value is -1.84. The predicted molar refractivity (Wildman–Crippen MR) is 104 cm³/mol. The number of nitrogens with zero attached hydrogens (tertiary/aromatic N) is 1. The van der Waals surface area contributed by atoms with Gasteiger partial charge in [0.1, 0.15) is 0 Å². The van der Waals surface area contributed by atoms with Gasteiger partial charge in [-0.25, -0.2) is 0 Å². The van der Waals surface area contributed by atoms with Crippen LogP contribution in [0.4, 0.5) is 0 Å². The van der Waals surface area contributed by atoms with Gasteiger partial charge in [0.25, 0.3) is 0 Å². The van der Waals surface area contributed by atoms with E-state index in [0.717, 1.165) is 41.2 Å². The van der Waals surface area contributed by atoms with E-state index in [1.165, 1.54) is 0 Å². The highest BCUT2D eigenvalue weighted by Crippen LogP contribution is 2.28. The van der Waals surface area contributed by atoms with Gasteiger partial charge in [-0.15, -0.1) is 0 Å². The maximum Gasteiger partial charge on any atom is 0.225 e. The van der Waals surface area contributed by atoms with Crippen LogP contribution in [0.25, 0.3) is 11.1 Å². The number of benzene rings is 2. The maximum absolute atomic E-state index is 12.8. The van der Waals surface area contributed by atoms with Crippen molar-refractivity contribution in [3.05, 3.63) is 59.1 Å². The van der Waals surface area contributed by atoms with Crippen molar-refractivity contribution in [2.24, 2.45) is 5.92 Å². The molecule has 25 heavy (non-hydrogen) atoms. The molecule has 2 aromatic rings. The molecule has 1 heterocycles. The van der Waals surface area contributed by atoms with Crippen LogP contribution in [0.15, 0.2) is 48.5 Å². The molecule has 1 aliphatic heterocycles. The number of carbonyl (C=O) groups excluding carboxylic acids is 1. The van der Waals surface area contributed by atoms with Gasteiger partial charge >= 0.3 is 0 Å². The number of carbonyl (C=O) groups is 1. The Kier molecular flexibility index (Phi) is 5.77. The lowest BCUT2D eigenvalue weighted by Gasteiger charge is -2.31. The molecule has 0 radical (unpaired) electrons. The van der Waals surface area contributed by atoms with Gasteiger partial charge in [-0.2, -0.15) is 0 Å². The van der Waals surface area contributed by atoms with Gasteiger partial charge in [0.05, 0.1) is 0 Å². The molecule has 2 aromatic carbocycles. The molecule has 1 saturated heterocycles. The van der Waals surface area contributed by atoms with Crippen LogP contribution in [0.1, 0.15) is 25.8 Å².